The number of aliphatic carboxylic acids is 1. The zero-order valence-electron chi connectivity index (χ0n) is 18.7. The summed E-state index contributed by atoms with van der Waals surface area (Å²) in [5.74, 6) is -1.25. The summed E-state index contributed by atoms with van der Waals surface area (Å²) in [7, 11) is 0. The van der Waals surface area contributed by atoms with Crippen LogP contribution >= 0.6 is 11.3 Å². The highest BCUT2D eigenvalue weighted by Crippen LogP contribution is 2.45. The normalized spacial score (nSPS) is 17.6. The molecule has 0 saturated heterocycles. The summed E-state index contributed by atoms with van der Waals surface area (Å²) in [6.07, 6.45) is 11.8. The topological polar surface area (TPSA) is 67.3 Å². The van der Waals surface area contributed by atoms with Crippen LogP contribution in [0.15, 0.2) is 23.4 Å². The van der Waals surface area contributed by atoms with Gasteiger partial charge < -0.3 is 5.11 Å². The van der Waals surface area contributed by atoms with E-state index < -0.39 is 11.9 Å². The smallest absolute Gasteiger partial charge is 0.311 e. The molecule has 0 saturated carbocycles. The molecule has 0 amide bonds. The van der Waals surface area contributed by atoms with Gasteiger partial charge in [-0.05, 0) is 67.7 Å². The number of Topliss-reactive ketones (excluding diaryl/α,β-unsaturated/α-hetero) is 1. The van der Waals surface area contributed by atoms with Crippen molar-refractivity contribution < 1.29 is 14.7 Å². The molecule has 0 fully saturated rings. The van der Waals surface area contributed by atoms with Crippen LogP contribution in [0.4, 0.5) is 0 Å². The van der Waals surface area contributed by atoms with E-state index in [1.54, 1.807) is 17.5 Å². The minimum absolute atomic E-state index is 0.180. The quantitative estimate of drug-likeness (QED) is 0.529. The maximum absolute atomic E-state index is 13.1. The Morgan fingerprint density at radius 1 is 1.23 bits per heavy atom. The molecule has 5 heteroatoms. The largest absolute Gasteiger partial charge is 0.481 e. The van der Waals surface area contributed by atoms with Gasteiger partial charge in [-0.25, -0.2) is 4.98 Å². The van der Waals surface area contributed by atoms with E-state index in [1.165, 1.54) is 16.9 Å². The number of carboxylic acid groups (broad SMARTS) is 1. The highest BCUT2D eigenvalue weighted by Gasteiger charge is 2.31. The Kier molecular flexibility index (Phi) is 6.42. The molecule has 2 heterocycles. The highest BCUT2D eigenvalue weighted by molar-refractivity contribution is 7.18. The monoisotopic (exact) mass is 437 g/mol. The standard InChI is InChI=1S/C26H31NO3S/c1-4-8-16-19(12-15(3)13-21(16)28)23-20(17(9-5-2)26(29)30)14-27-25-24(23)18-10-6-7-11-22(18)31-25/h12,14,17H,4-11,13H2,1-3H3,(H,29,30). The van der Waals surface area contributed by atoms with Gasteiger partial charge in [-0.2, -0.15) is 0 Å². The first kappa shape index (κ1) is 21.9. The number of aromatic nitrogens is 1. The number of hydrogen-bond acceptors (Lipinski definition) is 4. The molecule has 1 N–H and O–H groups in total. The van der Waals surface area contributed by atoms with Gasteiger partial charge in [-0.3, -0.25) is 9.59 Å². The lowest BCUT2D eigenvalue weighted by Crippen LogP contribution is -2.17. The predicted molar refractivity (Wildman–Crippen MR) is 127 cm³/mol. The van der Waals surface area contributed by atoms with Crippen LogP contribution < -0.4 is 0 Å². The summed E-state index contributed by atoms with van der Waals surface area (Å²) in [5, 5.41) is 11.2. The van der Waals surface area contributed by atoms with Gasteiger partial charge in [0, 0.05) is 28.5 Å². The van der Waals surface area contributed by atoms with Crippen molar-refractivity contribution in [1.29, 1.82) is 0 Å². The molecule has 0 spiro atoms. The number of carbonyl (C=O) groups excluding carboxylic acids is 1. The molecule has 2 aliphatic rings. The number of allylic oxidation sites excluding steroid dienone is 4. The van der Waals surface area contributed by atoms with Crippen LogP contribution in [0.3, 0.4) is 0 Å². The molecule has 2 aromatic rings. The fourth-order valence-corrected chi connectivity index (χ4v) is 6.37. The molecule has 4 nitrogen and oxygen atoms in total. The lowest BCUT2D eigenvalue weighted by atomic mass is 9.79. The second-order valence-corrected chi connectivity index (χ2v) is 9.98. The van der Waals surface area contributed by atoms with E-state index in [0.717, 1.165) is 76.6 Å². The first-order valence-electron chi connectivity index (χ1n) is 11.6. The number of ketones is 1. The molecule has 31 heavy (non-hydrogen) atoms. The third-order valence-electron chi connectivity index (χ3n) is 6.52. The number of rotatable bonds is 7. The van der Waals surface area contributed by atoms with Crippen LogP contribution in [-0.4, -0.2) is 21.8 Å². The van der Waals surface area contributed by atoms with Gasteiger partial charge in [0.15, 0.2) is 5.78 Å². The zero-order valence-corrected chi connectivity index (χ0v) is 19.5. The summed E-state index contributed by atoms with van der Waals surface area (Å²) in [6.45, 7) is 6.11. The van der Waals surface area contributed by atoms with Crippen molar-refractivity contribution in [2.24, 2.45) is 0 Å². The van der Waals surface area contributed by atoms with Crippen molar-refractivity contribution in [3.8, 4) is 0 Å². The molecule has 2 aliphatic carbocycles. The maximum Gasteiger partial charge on any atom is 0.311 e. The number of carbonyl (C=O) groups is 2. The van der Waals surface area contributed by atoms with Crippen LogP contribution in [0.2, 0.25) is 0 Å². The average Bonchev–Trinajstić information content (AvgIpc) is 3.12. The predicted octanol–water partition coefficient (Wildman–Crippen LogP) is 6.62. The molecule has 1 atom stereocenters. The number of fused-ring (bicyclic) bond motifs is 3. The number of aryl methyl sites for hydroxylation is 2. The van der Waals surface area contributed by atoms with Gasteiger partial charge in [-0.1, -0.05) is 38.3 Å². The lowest BCUT2D eigenvalue weighted by Gasteiger charge is -2.24. The molecular weight excluding hydrogens is 406 g/mol. The Bertz CT molecular complexity index is 1110. The number of carboxylic acids is 1. The van der Waals surface area contributed by atoms with Crippen LogP contribution in [0.5, 0.6) is 0 Å². The van der Waals surface area contributed by atoms with E-state index >= 15 is 0 Å². The molecule has 0 bridgehead atoms. The van der Waals surface area contributed by atoms with Gasteiger partial charge >= 0.3 is 5.97 Å². The summed E-state index contributed by atoms with van der Waals surface area (Å²) in [5.41, 5.74) is 5.94. The SMILES string of the molecule is CCCC1=C(c2c(C(CCC)C(=O)O)cnc3sc4c(c23)CCCC4)C=C(C)CC1=O. The number of hydrogen-bond donors (Lipinski definition) is 1. The Morgan fingerprint density at radius 3 is 2.71 bits per heavy atom. The summed E-state index contributed by atoms with van der Waals surface area (Å²) < 4.78 is 0. The second-order valence-electron chi connectivity index (χ2n) is 8.89. The first-order chi connectivity index (χ1) is 15.0. The molecule has 4 rings (SSSR count). The van der Waals surface area contributed by atoms with Gasteiger partial charge in [0.2, 0.25) is 0 Å². The summed E-state index contributed by atoms with van der Waals surface area (Å²) in [6, 6.07) is 0. The number of pyridine rings is 1. The van der Waals surface area contributed by atoms with Gasteiger partial charge in [-0.15, -0.1) is 11.3 Å². The van der Waals surface area contributed by atoms with Crippen molar-refractivity contribution in [3.63, 3.8) is 0 Å². The molecule has 164 valence electrons. The van der Waals surface area contributed by atoms with E-state index in [2.05, 4.69) is 13.0 Å². The maximum atomic E-state index is 13.1. The molecule has 0 aromatic carbocycles. The summed E-state index contributed by atoms with van der Waals surface area (Å²) >= 11 is 1.75. The van der Waals surface area contributed by atoms with Gasteiger partial charge in [0.05, 0.1) is 5.92 Å². The number of nitrogens with zero attached hydrogens (tertiary/aromatic N) is 1. The fourth-order valence-electron chi connectivity index (χ4n) is 5.13. The Balaban J connectivity index is 2.10. The van der Waals surface area contributed by atoms with Gasteiger partial charge in [0.1, 0.15) is 4.83 Å². The second kappa shape index (κ2) is 9.07. The van der Waals surface area contributed by atoms with E-state index in [1.807, 2.05) is 13.8 Å². The van der Waals surface area contributed by atoms with Crippen molar-refractivity contribution in [3.05, 3.63) is 45.0 Å². The first-order valence-corrected chi connectivity index (χ1v) is 12.4. The Morgan fingerprint density at radius 2 is 2.00 bits per heavy atom. The molecule has 0 aliphatic heterocycles. The van der Waals surface area contributed by atoms with E-state index in [4.69, 9.17) is 4.98 Å². The molecule has 0 radical (unpaired) electrons. The van der Waals surface area contributed by atoms with Crippen molar-refractivity contribution >= 4 is 38.9 Å². The fraction of sp³-hybridized carbons (Fsp3) is 0.500. The molecule has 1 unspecified atom stereocenters. The minimum atomic E-state index is -0.811. The van der Waals surface area contributed by atoms with Gasteiger partial charge in [0.25, 0.3) is 0 Å². The summed E-state index contributed by atoms with van der Waals surface area (Å²) in [4.78, 5) is 32.5. The van der Waals surface area contributed by atoms with Crippen molar-refractivity contribution in [2.75, 3.05) is 0 Å². The Hall–Kier alpha value is -2.27. The minimum Gasteiger partial charge on any atom is -0.481 e. The van der Waals surface area contributed by atoms with Crippen LogP contribution in [-0.2, 0) is 22.4 Å². The van der Waals surface area contributed by atoms with Crippen LogP contribution in [0, 0.1) is 0 Å². The molecular formula is C26H31NO3S. The average molecular weight is 438 g/mol. The van der Waals surface area contributed by atoms with Crippen LogP contribution in [0.1, 0.15) is 93.2 Å². The van der Waals surface area contributed by atoms with Crippen molar-refractivity contribution in [1.82, 2.24) is 4.98 Å². The van der Waals surface area contributed by atoms with E-state index in [-0.39, 0.29) is 5.78 Å². The zero-order chi connectivity index (χ0) is 22.1. The molecule has 2 aromatic heterocycles. The lowest BCUT2D eigenvalue weighted by molar-refractivity contribution is -0.139. The van der Waals surface area contributed by atoms with Crippen molar-refractivity contribution in [2.45, 2.75) is 84.5 Å². The highest BCUT2D eigenvalue weighted by atomic mass is 32.1. The van der Waals surface area contributed by atoms with E-state index in [0.29, 0.717) is 12.8 Å². The number of thiophene rings is 1. The Labute approximate surface area is 188 Å². The van der Waals surface area contributed by atoms with E-state index in [9.17, 15) is 14.7 Å². The third-order valence-corrected chi connectivity index (χ3v) is 7.72. The third kappa shape index (κ3) is 4.00. The van der Waals surface area contributed by atoms with Crippen LogP contribution in [0.25, 0.3) is 15.8 Å².